The van der Waals surface area contributed by atoms with Crippen LogP contribution in [0, 0.1) is 51.2 Å². The number of hydrogen-bond donors (Lipinski definition) is 0. The highest BCUT2D eigenvalue weighted by Crippen LogP contribution is 2.47. The molecule has 1 atom stereocenters. The number of aromatic nitrogens is 2. The first-order valence-corrected chi connectivity index (χ1v) is 20.0. The lowest BCUT2D eigenvalue weighted by Gasteiger charge is -2.21. The van der Waals surface area contributed by atoms with Gasteiger partial charge in [-0.3, -0.25) is 0 Å². The minimum absolute atomic E-state index is 0.0131. The lowest BCUT2D eigenvalue weighted by Crippen LogP contribution is -2.10. The molecule has 0 bridgehead atoms. The summed E-state index contributed by atoms with van der Waals surface area (Å²) in [5.41, 5.74) is 10.5. The number of nitriles is 4. The van der Waals surface area contributed by atoms with E-state index in [1.807, 2.05) is 89.5 Å². The molecule has 282 valence electrons. The molecule has 0 radical (unpaired) electrons. The molecule has 8 heteroatoms. The van der Waals surface area contributed by atoms with Crippen molar-refractivity contribution in [3.05, 3.63) is 161 Å². The Balaban J connectivity index is 1.16. The highest BCUT2D eigenvalue weighted by atomic mass is 16.3. The summed E-state index contributed by atoms with van der Waals surface area (Å²) in [6, 6.07) is 48.8. The van der Waals surface area contributed by atoms with Gasteiger partial charge in [0, 0.05) is 60.2 Å². The molecule has 1 aliphatic carbocycles. The van der Waals surface area contributed by atoms with Gasteiger partial charge in [0.05, 0.1) is 50.6 Å². The number of furan rings is 2. The van der Waals surface area contributed by atoms with Crippen LogP contribution in [0.5, 0.6) is 0 Å². The molecule has 11 aromatic rings. The van der Waals surface area contributed by atoms with Crippen LogP contribution in [0.3, 0.4) is 0 Å². The number of allylic oxidation sites excluding steroid dienone is 1. The van der Waals surface area contributed by atoms with Crippen LogP contribution in [0.15, 0.2) is 136 Å². The van der Waals surface area contributed by atoms with Gasteiger partial charge < -0.3 is 18.0 Å². The lowest BCUT2D eigenvalue weighted by atomic mass is 9.90. The maximum atomic E-state index is 11.0. The molecule has 0 saturated carbocycles. The Morgan fingerprint density at radius 1 is 0.525 bits per heavy atom. The molecule has 8 nitrogen and oxygen atoms in total. The second kappa shape index (κ2) is 12.6. The average molecular weight is 781 g/mol. The molecule has 0 N–H and O–H groups in total. The van der Waals surface area contributed by atoms with E-state index < -0.39 is 0 Å². The summed E-state index contributed by atoms with van der Waals surface area (Å²) < 4.78 is 16.9. The second-order valence-corrected chi connectivity index (χ2v) is 15.7. The molecule has 61 heavy (non-hydrogen) atoms. The molecule has 1 unspecified atom stereocenters. The summed E-state index contributed by atoms with van der Waals surface area (Å²) in [4.78, 5) is 0. The molecule has 4 aromatic heterocycles. The summed E-state index contributed by atoms with van der Waals surface area (Å²) in [5, 5.41) is 50.2. The first-order chi connectivity index (χ1) is 30.0. The van der Waals surface area contributed by atoms with Crippen LogP contribution in [0.4, 0.5) is 0 Å². The van der Waals surface area contributed by atoms with Gasteiger partial charge >= 0.3 is 0 Å². The van der Waals surface area contributed by atoms with Crippen molar-refractivity contribution in [2.24, 2.45) is 5.92 Å². The number of hydrogen-bond acceptors (Lipinski definition) is 6. The van der Waals surface area contributed by atoms with Gasteiger partial charge in [-0.05, 0) is 84.6 Å². The lowest BCUT2D eigenvalue weighted by molar-refractivity contribution is 0.669. The normalized spacial score (nSPS) is 13.6. The Bertz CT molecular complexity index is 3990. The summed E-state index contributed by atoms with van der Waals surface area (Å²) in [5.74, 6) is 0.243. The fourth-order valence-electron chi connectivity index (χ4n) is 9.93. The topological polar surface area (TPSA) is 131 Å². The van der Waals surface area contributed by atoms with Crippen LogP contribution in [0.1, 0.15) is 40.4 Å². The number of rotatable bonds is 3. The minimum atomic E-state index is -0.0131. The van der Waals surface area contributed by atoms with Crippen molar-refractivity contribution in [2.75, 3.05) is 0 Å². The number of para-hydroxylation sites is 3. The first-order valence-electron chi connectivity index (χ1n) is 20.0. The van der Waals surface area contributed by atoms with E-state index in [1.54, 1.807) is 6.07 Å². The molecule has 4 heterocycles. The van der Waals surface area contributed by atoms with Gasteiger partial charge in [-0.25, -0.2) is 0 Å². The third kappa shape index (κ3) is 4.59. The van der Waals surface area contributed by atoms with E-state index in [1.165, 1.54) is 0 Å². The van der Waals surface area contributed by atoms with Gasteiger partial charge in [0.15, 0.2) is 0 Å². The maximum absolute atomic E-state index is 11.0. The molecular formula is C53H28N6O2. The van der Waals surface area contributed by atoms with E-state index in [9.17, 15) is 21.0 Å². The zero-order valence-electron chi connectivity index (χ0n) is 32.5. The van der Waals surface area contributed by atoms with Crippen molar-refractivity contribution in [3.8, 4) is 46.8 Å². The highest BCUT2D eigenvalue weighted by Gasteiger charge is 2.30. The quantitative estimate of drug-likeness (QED) is 0.175. The molecule has 0 amide bonds. The zero-order chi connectivity index (χ0) is 41.1. The van der Waals surface area contributed by atoms with Crippen LogP contribution >= 0.6 is 0 Å². The molecule has 1 aliphatic rings. The van der Waals surface area contributed by atoms with Crippen LogP contribution in [0.25, 0.3) is 105 Å². The third-order valence-electron chi connectivity index (χ3n) is 12.4. The molecule has 0 aliphatic heterocycles. The van der Waals surface area contributed by atoms with Crippen LogP contribution < -0.4 is 0 Å². The maximum Gasteiger partial charge on any atom is 0.136 e. The molecule has 7 aromatic carbocycles. The Hall–Kier alpha value is -8.82. The zero-order valence-corrected chi connectivity index (χ0v) is 32.5. The van der Waals surface area contributed by atoms with E-state index in [0.717, 1.165) is 100.0 Å². The van der Waals surface area contributed by atoms with Gasteiger partial charge in [-0.15, -0.1) is 0 Å². The van der Waals surface area contributed by atoms with E-state index >= 15 is 0 Å². The largest absolute Gasteiger partial charge is 0.456 e. The molecule has 0 fully saturated rings. The van der Waals surface area contributed by atoms with Crippen LogP contribution in [0.2, 0.25) is 0 Å². The molecule has 0 saturated heterocycles. The number of benzene rings is 7. The van der Waals surface area contributed by atoms with E-state index in [-0.39, 0.29) is 22.6 Å². The SMILES string of the molecule is CC1C=Cc2c(c3c4c(ccc3n2-c2c(-c3ccc(-n5c6ccccc6c6c7c(ccc65)oc5ccccc57)cc3C#N)cc(C#N)c(C#N)c2C#N)oc2ccccc24)C1. The van der Waals surface area contributed by atoms with E-state index in [0.29, 0.717) is 22.4 Å². The monoisotopic (exact) mass is 780 g/mol. The fourth-order valence-corrected chi connectivity index (χ4v) is 9.93. The summed E-state index contributed by atoms with van der Waals surface area (Å²) in [6.45, 7) is 2.18. The highest BCUT2D eigenvalue weighted by molar-refractivity contribution is 6.27. The van der Waals surface area contributed by atoms with Crippen LogP contribution in [-0.2, 0) is 6.42 Å². The Kier molecular flexibility index (Phi) is 7.07. The van der Waals surface area contributed by atoms with Gasteiger partial charge in [0.1, 0.15) is 40.5 Å². The summed E-state index contributed by atoms with van der Waals surface area (Å²) in [6.07, 6.45) is 4.98. The summed E-state index contributed by atoms with van der Waals surface area (Å²) >= 11 is 0. The van der Waals surface area contributed by atoms with Gasteiger partial charge in [-0.2, -0.15) is 21.0 Å². The first kappa shape index (κ1) is 34.2. The van der Waals surface area contributed by atoms with Crippen molar-refractivity contribution >= 4 is 82.7 Å². The molecular weight excluding hydrogens is 753 g/mol. The van der Waals surface area contributed by atoms with Gasteiger partial charge in [0.25, 0.3) is 0 Å². The van der Waals surface area contributed by atoms with Crippen molar-refractivity contribution in [1.82, 2.24) is 9.13 Å². The average Bonchev–Trinajstić information content (AvgIpc) is 4.05. The molecule has 0 spiro atoms. The smallest absolute Gasteiger partial charge is 0.136 e. The number of nitrogens with zero attached hydrogens (tertiary/aromatic N) is 6. The van der Waals surface area contributed by atoms with Crippen molar-refractivity contribution in [3.63, 3.8) is 0 Å². The Morgan fingerprint density at radius 3 is 1.82 bits per heavy atom. The summed E-state index contributed by atoms with van der Waals surface area (Å²) in [7, 11) is 0. The van der Waals surface area contributed by atoms with Crippen molar-refractivity contribution in [2.45, 2.75) is 13.3 Å². The number of fused-ring (bicyclic) bond motifs is 14. The van der Waals surface area contributed by atoms with Gasteiger partial charge in [-0.1, -0.05) is 73.7 Å². The Labute approximate surface area is 347 Å². The third-order valence-corrected chi connectivity index (χ3v) is 12.4. The molecule has 12 rings (SSSR count). The van der Waals surface area contributed by atoms with Crippen molar-refractivity contribution in [1.29, 1.82) is 21.0 Å². The Morgan fingerprint density at radius 2 is 1.15 bits per heavy atom. The minimum Gasteiger partial charge on any atom is -0.456 e. The second-order valence-electron chi connectivity index (χ2n) is 15.7. The van der Waals surface area contributed by atoms with Crippen molar-refractivity contribution < 1.29 is 8.83 Å². The predicted octanol–water partition coefficient (Wildman–Crippen LogP) is 12.9. The van der Waals surface area contributed by atoms with E-state index in [4.69, 9.17) is 8.83 Å². The van der Waals surface area contributed by atoms with E-state index in [2.05, 4.69) is 78.3 Å². The van der Waals surface area contributed by atoms with Gasteiger partial charge in [0.2, 0.25) is 0 Å². The van der Waals surface area contributed by atoms with Crippen LogP contribution in [-0.4, -0.2) is 9.13 Å². The fraction of sp³-hybridized carbons (Fsp3) is 0.0566. The standard InChI is InChI=1S/C53H28N6O2/c1-29-14-17-42-38(22-29)50-44(19-21-48-52(50)36-10-4-7-13-46(36)61-48)59(42)53-37(24-31(26-55)39(27-56)40(53)28-57)33-16-15-32(23-30(33)25-54)58-41-11-5-2-8-34(41)49-43(58)18-20-47-51(49)35-9-3-6-12-45(35)60-47/h2-21,23-24,29H,22H2,1H3. The predicted molar refractivity (Wildman–Crippen MR) is 238 cm³/mol.